The molecule has 1 aliphatic heterocycles. The van der Waals surface area contributed by atoms with Crippen molar-refractivity contribution in [3.63, 3.8) is 0 Å². The second-order valence-electron chi connectivity index (χ2n) is 4.56. The van der Waals surface area contributed by atoms with Crippen molar-refractivity contribution in [3.8, 4) is 5.88 Å². The van der Waals surface area contributed by atoms with Crippen LogP contribution < -0.4 is 10.5 Å². The lowest BCUT2D eigenvalue weighted by Gasteiger charge is -2.22. The SMILES string of the molecule is Cc1nn(C)c(OCC2CCOCC2)c1CN. The van der Waals surface area contributed by atoms with Gasteiger partial charge in [-0.05, 0) is 25.7 Å². The maximum atomic E-state index is 5.88. The molecule has 17 heavy (non-hydrogen) atoms. The molecular formula is C12H21N3O2. The van der Waals surface area contributed by atoms with Crippen LogP contribution in [0.2, 0.25) is 0 Å². The summed E-state index contributed by atoms with van der Waals surface area (Å²) in [6, 6.07) is 0. The Labute approximate surface area is 102 Å². The summed E-state index contributed by atoms with van der Waals surface area (Å²) in [5.74, 6) is 1.40. The summed E-state index contributed by atoms with van der Waals surface area (Å²) in [5, 5.41) is 4.33. The van der Waals surface area contributed by atoms with Gasteiger partial charge in [0.25, 0.3) is 0 Å². The van der Waals surface area contributed by atoms with Crippen LogP contribution in [0.15, 0.2) is 0 Å². The zero-order valence-electron chi connectivity index (χ0n) is 10.6. The van der Waals surface area contributed by atoms with Crippen LogP contribution in [-0.2, 0) is 18.3 Å². The Hall–Kier alpha value is -1.07. The molecule has 0 spiro atoms. The van der Waals surface area contributed by atoms with Crippen molar-refractivity contribution in [2.24, 2.45) is 18.7 Å². The third-order valence-electron chi connectivity index (χ3n) is 3.29. The van der Waals surface area contributed by atoms with Gasteiger partial charge < -0.3 is 15.2 Å². The van der Waals surface area contributed by atoms with Crippen molar-refractivity contribution in [1.82, 2.24) is 9.78 Å². The van der Waals surface area contributed by atoms with E-state index in [0.717, 1.165) is 49.8 Å². The van der Waals surface area contributed by atoms with Crippen LogP contribution in [0.4, 0.5) is 0 Å². The molecule has 96 valence electrons. The fraction of sp³-hybridized carbons (Fsp3) is 0.750. The minimum absolute atomic E-state index is 0.475. The van der Waals surface area contributed by atoms with Gasteiger partial charge in [-0.3, -0.25) is 0 Å². The molecular weight excluding hydrogens is 218 g/mol. The maximum Gasteiger partial charge on any atom is 0.216 e. The van der Waals surface area contributed by atoms with E-state index in [-0.39, 0.29) is 0 Å². The molecule has 0 atom stereocenters. The van der Waals surface area contributed by atoms with Gasteiger partial charge in [0.2, 0.25) is 5.88 Å². The van der Waals surface area contributed by atoms with Crippen molar-refractivity contribution in [2.45, 2.75) is 26.3 Å². The predicted molar refractivity (Wildman–Crippen MR) is 64.9 cm³/mol. The Kier molecular flexibility index (Phi) is 4.02. The van der Waals surface area contributed by atoms with E-state index in [0.29, 0.717) is 12.5 Å². The molecule has 1 aliphatic rings. The fourth-order valence-corrected chi connectivity index (χ4v) is 2.21. The lowest BCUT2D eigenvalue weighted by atomic mass is 10.0. The number of aryl methyl sites for hydroxylation is 2. The molecule has 0 unspecified atom stereocenters. The highest BCUT2D eigenvalue weighted by molar-refractivity contribution is 5.30. The molecule has 5 nitrogen and oxygen atoms in total. The van der Waals surface area contributed by atoms with Crippen LogP contribution in [0.5, 0.6) is 5.88 Å². The smallest absolute Gasteiger partial charge is 0.216 e. The number of nitrogens with two attached hydrogens (primary N) is 1. The number of nitrogens with zero attached hydrogens (tertiary/aromatic N) is 2. The number of ether oxygens (including phenoxy) is 2. The average Bonchev–Trinajstić information content (AvgIpc) is 2.62. The first-order valence-corrected chi connectivity index (χ1v) is 6.15. The standard InChI is InChI=1S/C12H21N3O2/c1-9-11(7-13)12(15(2)14-9)17-8-10-3-5-16-6-4-10/h10H,3-8,13H2,1-2H3. The summed E-state index contributed by atoms with van der Waals surface area (Å²) >= 11 is 0. The molecule has 2 heterocycles. The first kappa shape index (κ1) is 12.4. The Balaban J connectivity index is 1.97. The molecule has 0 radical (unpaired) electrons. The summed E-state index contributed by atoms with van der Waals surface area (Å²) in [6.45, 7) is 4.87. The summed E-state index contributed by atoms with van der Waals surface area (Å²) in [5.41, 5.74) is 7.69. The monoisotopic (exact) mass is 239 g/mol. The van der Waals surface area contributed by atoms with Gasteiger partial charge in [0.05, 0.1) is 17.9 Å². The van der Waals surface area contributed by atoms with Crippen LogP contribution in [0.1, 0.15) is 24.1 Å². The van der Waals surface area contributed by atoms with Gasteiger partial charge in [0, 0.05) is 26.8 Å². The van der Waals surface area contributed by atoms with Crippen LogP contribution >= 0.6 is 0 Å². The summed E-state index contributed by atoms with van der Waals surface area (Å²) < 4.78 is 13.0. The van der Waals surface area contributed by atoms with Gasteiger partial charge in [0.15, 0.2) is 0 Å². The van der Waals surface area contributed by atoms with Crippen LogP contribution in [0, 0.1) is 12.8 Å². The Morgan fingerprint density at radius 2 is 2.18 bits per heavy atom. The second-order valence-corrected chi connectivity index (χ2v) is 4.56. The van der Waals surface area contributed by atoms with E-state index in [4.69, 9.17) is 15.2 Å². The van der Waals surface area contributed by atoms with Crippen molar-refractivity contribution in [3.05, 3.63) is 11.3 Å². The normalized spacial score (nSPS) is 17.4. The quantitative estimate of drug-likeness (QED) is 0.851. The van der Waals surface area contributed by atoms with Crippen molar-refractivity contribution < 1.29 is 9.47 Å². The van der Waals surface area contributed by atoms with Gasteiger partial charge >= 0.3 is 0 Å². The van der Waals surface area contributed by atoms with E-state index in [2.05, 4.69) is 5.10 Å². The first-order chi connectivity index (χ1) is 8.22. The van der Waals surface area contributed by atoms with E-state index in [1.807, 2.05) is 14.0 Å². The molecule has 5 heteroatoms. The minimum Gasteiger partial charge on any atom is -0.477 e. The van der Waals surface area contributed by atoms with Crippen LogP contribution in [-0.4, -0.2) is 29.6 Å². The zero-order valence-corrected chi connectivity index (χ0v) is 10.6. The Bertz CT molecular complexity index is 370. The molecule has 0 aromatic carbocycles. The van der Waals surface area contributed by atoms with Gasteiger partial charge in [-0.15, -0.1) is 0 Å². The molecule has 1 aromatic heterocycles. The van der Waals surface area contributed by atoms with Gasteiger partial charge in [-0.25, -0.2) is 4.68 Å². The third-order valence-corrected chi connectivity index (χ3v) is 3.29. The molecule has 1 fully saturated rings. The van der Waals surface area contributed by atoms with Crippen LogP contribution in [0.3, 0.4) is 0 Å². The van der Waals surface area contributed by atoms with Crippen molar-refractivity contribution >= 4 is 0 Å². The minimum atomic E-state index is 0.475. The summed E-state index contributed by atoms with van der Waals surface area (Å²) in [6.07, 6.45) is 2.16. The molecule has 0 amide bonds. The highest BCUT2D eigenvalue weighted by atomic mass is 16.5. The summed E-state index contributed by atoms with van der Waals surface area (Å²) in [4.78, 5) is 0. The molecule has 1 aromatic rings. The van der Waals surface area contributed by atoms with E-state index >= 15 is 0 Å². The van der Waals surface area contributed by atoms with Crippen molar-refractivity contribution in [1.29, 1.82) is 0 Å². The van der Waals surface area contributed by atoms with E-state index < -0.39 is 0 Å². The number of hydrogen-bond acceptors (Lipinski definition) is 4. The van der Waals surface area contributed by atoms with Gasteiger partial charge in [-0.2, -0.15) is 5.10 Å². The second kappa shape index (κ2) is 5.51. The highest BCUT2D eigenvalue weighted by Gasteiger charge is 2.18. The largest absolute Gasteiger partial charge is 0.477 e. The molecule has 0 aliphatic carbocycles. The molecule has 0 saturated carbocycles. The number of rotatable bonds is 4. The van der Waals surface area contributed by atoms with E-state index in [1.165, 1.54) is 0 Å². The number of hydrogen-bond donors (Lipinski definition) is 1. The Morgan fingerprint density at radius 3 is 2.82 bits per heavy atom. The average molecular weight is 239 g/mol. The lowest BCUT2D eigenvalue weighted by Crippen LogP contribution is -2.22. The number of aromatic nitrogens is 2. The predicted octanol–water partition coefficient (Wildman–Crippen LogP) is 0.993. The topological polar surface area (TPSA) is 62.3 Å². The van der Waals surface area contributed by atoms with E-state index in [9.17, 15) is 0 Å². The summed E-state index contributed by atoms with van der Waals surface area (Å²) in [7, 11) is 1.89. The molecule has 2 rings (SSSR count). The zero-order chi connectivity index (χ0) is 12.3. The van der Waals surface area contributed by atoms with Gasteiger partial charge in [0.1, 0.15) is 0 Å². The molecule has 0 bridgehead atoms. The van der Waals surface area contributed by atoms with Crippen molar-refractivity contribution in [2.75, 3.05) is 19.8 Å². The molecule has 1 saturated heterocycles. The third kappa shape index (κ3) is 2.79. The lowest BCUT2D eigenvalue weighted by molar-refractivity contribution is 0.0482. The van der Waals surface area contributed by atoms with Crippen LogP contribution in [0.25, 0.3) is 0 Å². The fourth-order valence-electron chi connectivity index (χ4n) is 2.21. The van der Waals surface area contributed by atoms with E-state index in [1.54, 1.807) is 4.68 Å². The van der Waals surface area contributed by atoms with Gasteiger partial charge in [-0.1, -0.05) is 0 Å². The maximum absolute atomic E-state index is 5.88. The molecule has 2 N–H and O–H groups in total. The highest BCUT2D eigenvalue weighted by Crippen LogP contribution is 2.23. The first-order valence-electron chi connectivity index (χ1n) is 6.15. The Morgan fingerprint density at radius 1 is 1.47 bits per heavy atom.